The molecule has 6 nitrogen and oxygen atoms in total. The summed E-state index contributed by atoms with van der Waals surface area (Å²) in [6.45, 7) is 0.103. The van der Waals surface area contributed by atoms with Crippen LogP contribution < -0.4 is 0 Å². The van der Waals surface area contributed by atoms with E-state index in [0.29, 0.717) is 5.69 Å². The van der Waals surface area contributed by atoms with Gasteiger partial charge in [0.15, 0.2) is 0 Å². The van der Waals surface area contributed by atoms with Crippen molar-refractivity contribution >= 4 is 11.7 Å². The molecule has 0 atom stereocenters. The van der Waals surface area contributed by atoms with Gasteiger partial charge in [-0.3, -0.25) is 10.1 Å². The Kier molecular flexibility index (Phi) is 1.48. The molecule has 0 N–H and O–H groups in total. The average Bonchev–Trinajstić information content (AvgIpc) is 2.47. The molecule has 2 rings (SSSR count). The molecule has 2 heterocycles. The maximum atomic E-state index is 11.0. The number of fused-ring (bicyclic) bond motifs is 1. The van der Waals surface area contributed by atoms with Crippen molar-refractivity contribution in [1.82, 2.24) is 4.98 Å². The number of carbonyl (C=O) groups excluding carboxylic acids is 1. The van der Waals surface area contributed by atoms with Gasteiger partial charge < -0.3 is 4.74 Å². The zero-order valence-corrected chi connectivity index (χ0v) is 6.39. The van der Waals surface area contributed by atoms with Gasteiger partial charge in [-0.2, -0.15) is 0 Å². The van der Waals surface area contributed by atoms with Crippen LogP contribution in [0, 0.1) is 10.1 Å². The van der Waals surface area contributed by atoms with Crippen LogP contribution in [0.15, 0.2) is 12.3 Å². The van der Waals surface area contributed by atoms with E-state index in [-0.39, 0.29) is 17.9 Å². The van der Waals surface area contributed by atoms with E-state index < -0.39 is 10.9 Å². The van der Waals surface area contributed by atoms with Gasteiger partial charge in [-0.15, -0.1) is 0 Å². The fraction of sp³-hybridized carbons (Fsp3) is 0.143. The Morgan fingerprint density at radius 2 is 2.38 bits per heavy atom. The quantitative estimate of drug-likeness (QED) is 0.360. The lowest BCUT2D eigenvalue weighted by Gasteiger charge is -1.92. The number of cyclic esters (lactones) is 1. The second kappa shape index (κ2) is 2.51. The molecule has 1 aliphatic rings. The molecule has 0 saturated heterocycles. The molecule has 0 amide bonds. The highest BCUT2D eigenvalue weighted by atomic mass is 16.6. The van der Waals surface area contributed by atoms with Gasteiger partial charge in [0.2, 0.25) is 0 Å². The van der Waals surface area contributed by atoms with Crippen LogP contribution in [0.5, 0.6) is 0 Å². The number of esters is 1. The van der Waals surface area contributed by atoms with Gasteiger partial charge in [-0.05, 0) is 0 Å². The summed E-state index contributed by atoms with van der Waals surface area (Å²) in [4.78, 5) is 24.4. The van der Waals surface area contributed by atoms with Crippen LogP contribution in [0.2, 0.25) is 0 Å². The van der Waals surface area contributed by atoms with Crippen LogP contribution >= 0.6 is 0 Å². The molecule has 66 valence electrons. The molecule has 1 aromatic rings. The van der Waals surface area contributed by atoms with E-state index in [9.17, 15) is 14.9 Å². The number of ether oxygens (including phenoxy) is 1. The van der Waals surface area contributed by atoms with Gasteiger partial charge in [0.1, 0.15) is 12.8 Å². The Morgan fingerprint density at radius 3 is 3.08 bits per heavy atom. The van der Waals surface area contributed by atoms with Crippen molar-refractivity contribution in [3.8, 4) is 0 Å². The van der Waals surface area contributed by atoms with Crippen LogP contribution in [-0.4, -0.2) is 15.9 Å². The number of rotatable bonds is 1. The summed E-state index contributed by atoms with van der Waals surface area (Å²) in [7, 11) is 0. The molecule has 0 radical (unpaired) electrons. The summed E-state index contributed by atoms with van der Waals surface area (Å²) >= 11 is 0. The predicted octanol–water partition coefficient (Wildman–Crippen LogP) is 0.660. The summed E-state index contributed by atoms with van der Waals surface area (Å²) in [6.07, 6.45) is 1.11. The van der Waals surface area contributed by atoms with Crippen molar-refractivity contribution < 1.29 is 14.5 Å². The highest BCUT2D eigenvalue weighted by Crippen LogP contribution is 2.21. The van der Waals surface area contributed by atoms with E-state index in [1.165, 1.54) is 6.07 Å². The number of carbonyl (C=O) groups is 1. The highest BCUT2D eigenvalue weighted by molar-refractivity contribution is 5.93. The smallest absolute Gasteiger partial charge is 0.340 e. The Morgan fingerprint density at radius 1 is 1.62 bits per heavy atom. The predicted molar refractivity (Wildman–Crippen MR) is 40.0 cm³/mol. The van der Waals surface area contributed by atoms with E-state index >= 15 is 0 Å². The Balaban J connectivity index is 2.54. The number of nitrogens with zero attached hydrogens (tertiary/aromatic N) is 2. The summed E-state index contributed by atoms with van der Waals surface area (Å²) < 4.78 is 4.63. The number of nitro groups is 1. The lowest BCUT2D eigenvalue weighted by molar-refractivity contribution is -0.385. The third kappa shape index (κ3) is 1.12. The van der Waals surface area contributed by atoms with Gasteiger partial charge in [-0.1, -0.05) is 0 Å². The van der Waals surface area contributed by atoms with Gasteiger partial charge in [0.25, 0.3) is 5.69 Å². The number of aromatic nitrogens is 1. The van der Waals surface area contributed by atoms with Crippen molar-refractivity contribution in [1.29, 1.82) is 0 Å². The van der Waals surface area contributed by atoms with E-state index in [0.717, 1.165) is 6.20 Å². The van der Waals surface area contributed by atoms with Gasteiger partial charge >= 0.3 is 5.97 Å². The number of pyridine rings is 1. The first kappa shape index (κ1) is 7.66. The Labute approximate surface area is 72.3 Å². The van der Waals surface area contributed by atoms with E-state index in [4.69, 9.17) is 0 Å². The second-order valence-electron chi connectivity index (χ2n) is 2.52. The standard InChI is InChI=1S/C7H4N2O4/c10-7-5-1-4(9(11)12)2-8-6(5)3-13-7/h1-2H,3H2. The molecule has 0 aliphatic carbocycles. The summed E-state index contributed by atoms with van der Waals surface area (Å²) in [5.74, 6) is -0.550. The van der Waals surface area contributed by atoms with Crippen molar-refractivity contribution in [3.63, 3.8) is 0 Å². The first-order valence-electron chi connectivity index (χ1n) is 3.49. The summed E-state index contributed by atoms with van der Waals surface area (Å²) in [5, 5.41) is 10.3. The third-order valence-corrected chi connectivity index (χ3v) is 1.73. The largest absolute Gasteiger partial charge is 0.455 e. The van der Waals surface area contributed by atoms with Gasteiger partial charge in [0, 0.05) is 6.07 Å². The SMILES string of the molecule is O=C1OCc2ncc([N+](=O)[O-])cc21. The first-order valence-corrected chi connectivity index (χ1v) is 3.49. The topological polar surface area (TPSA) is 82.3 Å². The molecule has 0 spiro atoms. The van der Waals surface area contributed by atoms with Crippen LogP contribution in [-0.2, 0) is 11.3 Å². The molecular weight excluding hydrogens is 176 g/mol. The molecule has 0 aromatic carbocycles. The van der Waals surface area contributed by atoms with Crippen LogP contribution in [0.4, 0.5) is 5.69 Å². The number of hydrogen-bond acceptors (Lipinski definition) is 5. The zero-order valence-electron chi connectivity index (χ0n) is 6.39. The van der Waals surface area contributed by atoms with Crippen molar-refractivity contribution in [2.24, 2.45) is 0 Å². The van der Waals surface area contributed by atoms with E-state index in [1.807, 2.05) is 0 Å². The lowest BCUT2D eigenvalue weighted by atomic mass is 10.2. The molecule has 6 heteroatoms. The maximum Gasteiger partial charge on any atom is 0.340 e. The molecule has 0 fully saturated rings. The summed E-state index contributed by atoms with van der Waals surface area (Å²) in [5.41, 5.74) is 0.447. The fourth-order valence-corrected chi connectivity index (χ4v) is 1.09. The van der Waals surface area contributed by atoms with Crippen molar-refractivity contribution in [2.75, 3.05) is 0 Å². The minimum Gasteiger partial charge on any atom is -0.455 e. The van der Waals surface area contributed by atoms with Crippen LogP contribution in [0.1, 0.15) is 16.1 Å². The Bertz CT molecular complexity index is 401. The van der Waals surface area contributed by atoms with E-state index in [2.05, 4.69) is 9.72 Å². The fourth-order valence-electron chi connectivity index (χ4n) is 1.09. The molecule has 13 heavy (non-hydrogen) atoms. The molecular formula is C7H4N2O4. The second-order valence-corrected chi connectivity index (χ2v) is 2.52. The third-order valence-electron chi connectivity index (χ3n) is 1.73. The molecule has 1 aromatic heterocycles. The zero-order chi connectivity index (χ0) is 9.42. The molecule has 0 saturated carbocycles. The highest BCUT2D eigenvalue weighted by Gasteiger charge is 2.25. The summed E-state index contributed by atoms with van der Waals surface area (Å²) in [6, 6.07) is 1.18. The van der Waals surface area contributed by atoms with E-state index in [1.54, 1.807) is 0 Å². The average molecular weight is 180 g/mol. The van der Waals surface area contributed by atoms with Gasteiger partial charge in [-0.25, -0.2) is 9.78 Å². The van der Waals surface area contributed by atoms with Crippen molar-refractivity contribution in [3.05, 3.63) is 33.6 Å². The van der Waals surface area contributed by atoms with Crippen LogP contribution in [0.3, 0.4) is 0 Å². The van der Waals surface area contributed by atoms with Crippen LogP contribution in [0.25, 0.3) is 0 Å². The normalized spacial score (nSPS) is 13.7. The lowest BCUT2D eigenvalue weighted by Crippen LogP contribution is -1.97. The molecule has 0 unspecified atom stereocenters. The monoisotopic (exact) mass is 180 g/mol. The Hall–Kier alpha value is -1.98. The first-order chi connectivity index (χ1) is 6.18. The minimum absolute atomic E-state index is 0.103. The maximum absolute atomic E-state index is 11.0. The van der Waals surface area contributed by atoms with Gasteiger partial charge in [0.05, 0.1) is 16.2 Å². The molecule has 1 aliphatic heterocycles. The minimum atomic E-state index is -0.598. The molecule has 0 bridgehead atoms. The van der Waals surface area contributed by atoms with Crippen molar-refractivity contribution in [2.45, 2.75) is 6.61 Å². The number of hydrogen-bond donors (Lipinski definition) is 0.